The lowest BCUT2D eigenvalue weighted by Gasteiger charge is -2.12. The van der Waals surface area contributed by atoms with E-state index in [-0.39, 0.29) is 17.6 Å². The van der Waals surface area contributed by atoms with Crippen LogP contribution in [0.3, 0.4) is 0 Å². The second-order valence-electron chi connectivity index (χ2n) is 6.82. The van der Waals surface area contributed by atoms with Crippen LogP contribution in [-0.2, 0) is 11.8 Å². The number of anilines is 1. The first-order valence-corrected chi connectivity index (χ1v) is 9.95. The molecule has 1 fully saturated rings. The maximum atomic E-state index is 12.8. The van der Waals surface area contributed by atoms with Crippen LogP contribution in [0.4, 0.5) is 5.69 Å². The van der Waals surface area contributed by atoms with Gasteiger partial charge in [-0.3, -0.25) is 9.59 Å². The zero-order valence-corrected chi connectivity index (χ0v) is 16.5. The number of carbonyl (C=O) groups excluding carboxylic acids is 1. The number of hydrogen-bond acceptors (Lipinski definition) is 6. The second-order valence-corrected chi connectivity index (χ2v) is 7.82. The molecule has 0 bridgehead atoms. The number of nitrogens with one attached hydrogen (secondary N) is 1. The van der Waals surface area contributed by atoms with E-state index in [4.69, 9.17) is 9.47 Å². The maximum Gasteiger partial charge on any atom is 0.266 e. The molecule has 1 aliphatic heterocycles. The zero-order valence-electron chi connectivity index (χ0n) is 15.7. The number of aryl methyl sites for hydroxylation is 2. The number of benzene rings is 1. The molecule has 146 valence electrons. The van der Waals surface area contributed by atoms with Crippen molar-refractivity contribution in [1.29, 1.82) is 0 Å². The number of hydrogen-bond donors (Lipinski definition) is 1. The Morgan fingerprint density at radius 3 is 3.11 bits per heavy atom. The van der Waals surface area contributed by atoms with E-state index in [0.717, 1.165) is 19.4 Å². The van der Waals surface area contributed by atoms with E-state index in [2.05, 4.69) is 10.3 Å². The van der Waals surface area contributed by atoms with E-state index < -0.39 is 0 Å². The monoisotopic (exact) mass is 399 g/mol. The SMILES string of the molecule is Cc1c(C(=O)Nc2cccc(OCC3CCCO3)c2)sc2ncn(C)c(=O)c12. The van der Waals surface area contributed by atoms with Crippen molar-refractivity contribution in [3.8, 4) is 5.75 Å². The van der Waals surface area contributed by atoms with E-state index in [1.54, 1.807) is 26.1 Å². The molecule has 1 aromatic carbocycles. The molecule has 4 rings (SSSR count). The lowest BCUT2D eigenvalue weighted by molar-refractivity contribution is 0.0680. The standard InChI is InChI=1S/C20H21N3O4S/c1-12-16-19(21-11-23(2)20(16)25)28-17(12)18(24)22-13-5-3-6-14(9-13)27-10-15-7-4-8-26-15/h3,5-6,9,11,15H,4,7-8,10H2,1-2H3,(H,22,24). The normalized spacial score (nSPS) is 16.4. The van der Waals surface area contributed by atoms with Gasteiger partial charge in [0, 0.05) is 25.4 Å². The number of fused-ring (bicyclic) bond motifs is 1. The molecule has 8 heteroatoms. The van der Waals surface area contributed by atoms with E-state index in [1.807, 2.05) is 12.1 Å². The predicted octanol–water partition coefficient (Wildman–Crippen LogP) is 3.11. The van der Waals surface area contributed by atoms with Crippen LogP contribution in [0.2, 0.25) is 0 Å². The number of nitrogens with zero attached hydrogens (tertiary/aromatic N) is 2. The Labute approximate surface area is 165 Å². The Morgan fingerprint density at radius 1 is 1.46 bits per heavy atom. The molecule has 2 aromatic heterocycles. The minimum atomic E-state index is -0.265. The van der Waals surface area contributed by atoms with Crippen molar-refractivity contribution in [2.24, 2.45) is 7.05 Å². The minimum Gasteiger partial charge on any atom is -0.491 e. The van der Waals surface area contributed by atoms with Crippen LogP contribution in [-0.4, -0.2) is 34.8 Å². The topological polar surface area (TPSA) is 82.4 Å². The Bertz CT molecular complexity index is 1080. The molecule has 1 unspecified atom stereocenters. The Hall–Kier alpha value is -2.71. The Kier molecular flexibility index (Phi) is 5.15. The largest absolute Gasteiger partial charge is 0.491 e. The highest BCUT2D eigenvalue weighted by Gasteiger charge is 2.19. The molecule has 1 atom stereocenters. The maximum absolute atomic E-state index is 12.8. The lowest BCUT2D eigenvalue weighted by atomic mass is 10.2. The molecule has 28 heavy (non-hydrogen) atoms. The Balaban J connectivity index is 1.51. The van der Waals surface area contributed by atoms with Gasteiger partial charge in [-0.15, -0.1) is 11.3 Å². The van der Waals surface area contributed by atoms with Gasteiger partial charge in [0.05, 0.1) is 22.7 Å². The van der Waals surface area contributed by atoms with Crippen LogP contribution >= 0.6 is 11.3 Å². The molecular formula is C20H21N3O4S. The van der Waals surface area contributed by atoms with Gasteiger partial charge in [-0.2, -0.15) is 0 Å². The summed E-state index contributed by atoms with van der Waals surface area (Å²) in [6.07, 6.45) is 3.68. The van der Waals surface area contributed by atoms with E-state index in [0.29, 0.717) is 38.7 Å². The summed E-state index contributed by atoms with van der Waals surface area (Å²) in [6.45, 7) is 3.07. The highest BCUT2D eigenvalue weighted by atomic mass is 32.1. The minimum absolute atomic E-state index is 0.134. The summed E-state index contributed by atoms with van der Waals surface area (Å²) in [7, 11) is 1.65. The summed E-state index contributed by atoms with van der Waals surface area (Å²) in [5.74, 6) is 0.413. The van der Waals surface area contributed by atoms with Crippen LogP contribution in [0.5, 0.6) is 5.75 Å². The third-order valence-electron chi connectivity index (χ3n) is 4.77. The smallest absolute Gasteiger partial charge is 0.266 e. The van der Waals surface area contributed by atoms with Crippen molar-refractivity contribution in [3.63, 3.8) is 0 Å². The van der Waals surface area contributed by atoms with Crippen molar-refractivity contribution in [3.05, 3.63) is 51.4 Å². The van der Waals surface area contributed by atoms with Gasteiger partial charge in [0.2, 0.25) is 0 Å². The number of ether oxygens (including phenoxy) is 2. The Morgan fingerprint density at radius 2 is 2.32 bits per heavy atom. The van der Waals surface area contributed by atoms with Crippen molar-refractivity contribution in [1.82, 2.24) is 9.55 Å². The van der Waals surface area contributed by atoms with E-state index in [1.165, 1.54) is 22.2 Å². The average molecular weight is 399 g/mol. The van der Waals surface area contributed by atoms with Crippen LogP contribution in [0, 0.1) is 6.92 Å². The molecule has 0 aliphatic carbocycles. The first-order chi connectivity index (χ1) is 13.5. The molecule has 1 amide bonds. The lowest BCUT2D eigenvalue weighted by Crippen LogP contribution is -2.17. The fraction of sp³-hybridized carbons (Fsp3) is 0.350. The number of amides is 1. The number of thiophene rings is 1. The average Bonchev–Trinajstić information content (AvgIpc) is 3.31. The van der Waals surface area contributed by atoms with E-state index in [9.17, 15) is 9.59 Å². The summed E-state index contributed by atoms with van der Waals surface area (Å²) in [4.78, 5) is 30.4. The highest BCUT2D eigenvalue weighted by Crippen LogP contribution is 2.28. The molecule has 3 aromatic rings. The van der Waals surface area contributed by atoms with Gasteiger partial charge in [-0.25, -0.2) is 4.98 Å². The fourth-order valence-corrected chi connectivity index (χ4v) is 4.28. The molecule has 7 nitrogen and oxygen atoms in total. The summed E-state index contributed by atoms with van der Waals surface area (Å²) < 4.78 is 12.8. The fourth-order valence-electron chi connectivity index (χ4n) is 3.24. The van der Waals surface area contributed by atoms with Crippen LogP contribution < -0.4 is 15.6 Å². The first kappa shape index (κ1) is 18.6. The van der Waals surface area contributed by atoms with Gasteiger partial charge in [0.25, 0.3) is 11.5 Å². The molecule has 0 radical (unpaired) electrons. The van der Waals surface area contributed by atoms with Crippen LogP contribution in [0.25, 0.3) is 10.2 Å². The molecule has 0 saturated carbocycles. The third kappa shape index (κ3) is 3.65. The predicted molar refractivity (Wildman–Crippen MR) is 108 cm³/mol. The summed E-state index contributed by atoms with van der Waals surface area (Å²) >= 11 is 1.22. The number of rotatable bonds is 5. The quantitative estimate of drug-likeness (QED) is 0.713. The number of carbonyl (C=O) groups is 1. The highest BCUT2D eigenvalue weighted by molar-refractivity contribution is 7.20. The molecule has 1 aliphatic rings. The summed E-state index contributed by atoms with van der Waals surface area (Å²) in [5.41, 5.74) is 1.13. The molecule has 3 heterocycles. The van der Waals surface area contributed by atoms with Crippen molar-refractivity contribution in [2.75, 3.05) is 18.5 Å². The summed E-state index contributed by atoms with van der Waals surface area (Å²) in [5, 5.41) is 3.38. The summed E-state index contributed by atoms with van der Waals surface area (Å²) in [6, 6.07) is 7.27. The van der Waals surface area contributed by atoms with Gasteiger partial charge >= 0.3 is 0 Å². The van der Waals surface area contributed by atoms with Gasteiger partial charge in [-0.05, 0) is 37.5 Å². The number of aromatic nitrogens is 2. The van der Waals surface area contributed by atoms with Gasteiger partial charge < -0.3 is 19.4 Å². The second kappa shape index (κ2) is 7.73. The third-order valence-corrected chi connectivity index (χ3v) is 5.97. The first-order valence-electron chi connectivity index (χ1n) is 9.13. The van der Waals surface area contributed by atoms with Gasteiger partial charge in [0.15, 0.2) is 0 Å². The van der Waals surface area contributed by atoms with Crippen molar-refractivity contribution < 1.29 is 14.3 Å². The van der Waals surface area contributed by atoms with Crippen LogP contribution in [0.15, 0.2) is 35.4 Å². The van der Waals surface area contributed by atoms with Gasteiger partial charge in [-0.1, -0.05) is 6.07 Å². The van der Waals surface area contributed by atoms with Crippen LogP contribution in [0.1, 0.15) is 28.1 Å². The van der Waals surface area contributed by atoms with E-state index >= 15 is 0 Å². The van der Waals surface area contributed by atoms with Crippen molar-refractivity contribution in [2.45, 2.75) is 25.9 Å². The molecule has 0 spiro atoms. The molecule has 1 N–H and O–H groups in total. The molecule has 1 saturated heterocycles. The van der Waals surface area contributed by atoms with Crippen molar-refractivity contribution >= 4 is 33.1 Å². The zero-order chi connectivity index (χ0) is 19.7. The van der Waals surface area contributed by atoms with Gasteiger partial charge in [0.1, 0.15) is 17.2 Å². The molecular weight excluding hydrogens is 378 g/mol.